The molecule has 1 heterocycles. The van der Waals surface area contributed by atoms with Gasteiger partial charge in [0.05, 0.1) is 7.11 Å². The van der Waals surface area contributed by atoms with Crippen molar-refractivity contribution in [2.24, 2.45) is 0 Å². The lowest BCUT2D eigenvalue weighted by Gasteiger charge is -2.32. The Bertz CT molecular complexity index is 427. The van der Waals surface area contributed by atoms with E-state index in [-0.39, 0.29) is 0 Å². The number of piperazine rings is 1. The van der Waals surface area contributed by atoms with Crippen molar-refractivity contribution < 1.29 is 4.74 Å². The van der Waals surface area contributed by atoms with Crippen LogP contribution in [0.1, 0.15) is 44.1 Å². The first-order valence-corrected chi connectivity index (χ1v) is 9.32. The summed E-state index contributed by atoms with van der Waals surface area (Å²) in [5.41, 5.74) is 1.40. The molecule has 2 rings (SSSR count). The van der Waals surface area contributed by atoms with Crippen LogP contribution in [-0.2, 0) is 6.42 Å². The lowest BCUT2D eigenvalue weighted by atomic mass is 10.0. The normalized spacial score (nSPS) is 16.6. The topological polar surface area (TPSA) is 15.7 Å². The Morgan fingerprint density at radius 2 is 1.61 bits per heavy atom. The summed E-state index contributed by atoms with van der Waals surface area (Å²) in [4.78, 5) is 5.06. The molecule has 1 aromatic carbocycles. The van der Waals surface area contributed by atoms with Crippen LogP contribution in [0.15, 0.2) is 24.3 Å². The molecule has 0 radical (unpaired) electrons. The standard InChI is InChI=1S/C20H34N2O/c1-21-14-16-22(17-15-21)13-8-6-4-3-5-7-10-19-11-9-12-20(18-19)23-2/h9,11-12,18H,3-8,10,13-17H2,1-2H3. The molecule has 0 spiro atoms. The first-order valence-electron chi connectivity index (χ1n) is 9.32. The van der Waals surface area contributed by atoms with Crippen LogP contribution in [0.2, 0.25) is 0 Å². The molecule has 0 N–H and O–H groups in total. The summed E-state index contributed by atoms with van der Waals surface area (Å²) in [6.07, 6.45) is 9.37. The summed E-state index contributed by atoms with van der Waals surface area (Å²) in [6, 6.07) is 8.48. The third kappa shape index (κ3) is 7.36. The molecule has 3 nitrogen and oxygen atoms in total. The minimum absolute atomic E-state index is 0.978. The minimum atomic E-state index is 0.978. The van der Waals surface area contributed by atoms with E-state index in [1.165, 1.54) is 83.2 Å². The molecule has 0 unspecified atom stereocenters. The Morgan fingerprint density at radius 3 is 2.35 bits per heavy atom. The monoisotopic (exact) mass is 318 g/mol. The van der Waals surface area contributed by atoms with Gasteiger partial charge in [-0.3, -0.25) is 0 Å². The zero-order valence-corrected chi connectivity index (χ0v) is 15.1. The molecule has 1 saturated heterocycles. The molecule has 0 aromatic heterocycles. The first kappa shape index (κ1) is 18.3. The van der Waals surface area contributed by atoms with Crippen molar-refractivity contribution in [3.63, 3.8) is 0 Å². The van der Waals surface area contributed by atoms with Crippen LogP contribution >= 0.6 is 0 Å². The van der Waals surface area contributed by atoms with Crippen molar-refractivity contribution in [3.8, 4) is 5.75 Å². The highest BCUT2D eigenvalue weighted by Crippen LogP contribution is 2.15. The molecule has 1 aromatic rings. The van der Waals surface area contributed by atoms with Gasteiger partial charge < -0.3 is 14.5 Å². The molecule has 0 bridgehead atoms. The summed E-state index contributed by atoms with van der Waals surface area (Å²) in [7, 11) is 3.96. The van der Waals surface area contributed by atoms with Crippen LogP contribution in [0.3, 0.4) is 0 Å². The van der Waals surface area contributed by atoms with E-state index in [1.54, 1.807) is 7.11 Å². The van der Waals surface area contributed by atoms with E-state index < -0.39 is 0 Å². The van der Waals surface area contributed by atoms with Gasteiger partial charge in [-0.15, -0.1) is 0 Å². The molecule has 130 valence electrons. The summed E-state index contributed by atoms with van der Waals surface area (Å²) >= 11 is 0. The maximum atomic E-state index is 5.28. The molecule has 0 saturated carbocycles. The molecule has 0 aliphatic carbocycles. The maximum absolute atomic E-state index is 5.28. The third-order valence-corrected chi connectivity index (χ3v) is 4.92. The number of hydrogen-bond donors (Lipinski definition) is 0. The third-order valence-electron chi connectivity index (χ3n) is 4.92. The van der Waals surface area contributed by atoms with E-state index in [9.17, 15) is 0 Å². The van der Waals surface area contributed by atoms with Gasteiger partial charge in [0.1, 0.15) is 5.75 Å². The molecule has 3 heteroatoms. The van der Waals surface area contributed by atoms with Gasteiger partial charge in [-0.1, -0.05) is 37.8 Å². The van der Waals surface area contributed by atoms with Crippen LogP contribution in [-0.4, -0.2) is 56.7 Å². The van der Waals surface area contributed by atoms with E-state index in [0.717, 1.165) is 5.75 Å². The van der Waals surface area contributed by atoms with Gasteiger partial charge in [0, 0.05) is 26.2 Å². The van der Waals surface area contributed by atoms with Crippen molar-refractivity contribution in [2.75, 3.05) is 46.9 Å². The minimum Gasteiger partial charge on any atom is -0.497 e. The number of ether oxygens (including phenoxy) is 1. The number of methoxy groups -OCH3 is 1. The average molecular weight is 319 g/mol. The zero-order chi connectivity index (χ0) is 16.3. The van der Waals surface area contributed by atoms with Crippen LogP contribution in [0.4, 0.5) is 0 Å². The van der Waals surface area contributed by atoms with Gasteiger partial charge in [0.25, 0.3) is 0 Å². The van der Waals surface area contributed by atoms with E-state index in [2.05, 4.69) is 35.0 Å². The lowest BCUT2D eigenvalue weighted by Crippen LogP contribution is -2.44. The summed E-state index contributed by atoms with van der Waals surface area (Å²) < 4.78 is 5.28. The highest BCUT2D eigenvalue weighted by molar-refractivity contribution is 5.28. The Balaban J connectivity index is 1.43. The van der Waals surface area contributed by atoms with Crippen molar-refractivity contribution in [2.45, 2.75) is 44.9 Å². The molecule has 1 aliphatic rings. The summed E-state index contributed by atoms with van der Waals surface area (Å²) in [6.45, 7) is 6.31. The molecule has 0 atom stereocenters. The second kappa shape index (κ2) is 10.7. The summed E-state index contributed by atoms with van der Waals surface area (Å²) in [5, 5.41) is 0. The fourth-order valence-corrected chi connectivity index (χ4v) is 3.27. The molecular weight excluding hydrogens is 284 g/mol. The average Bonchev–Trinajstić information content (AvgIpc) is 2.59. The van der Waals surface area contributed by atoms with Crippen LogP contribution in [0.25, 0.3) is 0 Å². The molecule has 0 amide bonds. The quantitative estimate of drug-likeness (QED) is 0.610. The van der Waals surface area contributed by atoms with Crippen molar-refractivity contribution >= 4 is 0 Å². The van der Waals surface area contributed by atoms with E-state index in [4.69, 9.17) is 4.74 Å². The van der Waals surface area contributed by atoms with Crippen LogP contribution in [0.5, 0.6) is 5.75 Å². The number of rotatable bonds is 10. The Hall–Kier alpha value is -1.06. The number of hydrogen-bond acceptors (Lipinski definition) is 3. The number of benzene rings is 1. The zero-order valence-electron chi connectivity index (χ0n) is 15.1. The highest BCUT2D eigenvalue weighted by atomic mass is 16.5. The van der Waals surface area contributed by atoms with Gasteiger partial charge in [0.15, 0.2) is 0 Å². The van der Waals surface area contributed by atoms with Gasteiger partial charge in [0.2, 0.25) is 0 Å². The predicted octanol–water partition coefficient (Wildman–Crippen LogP) is 3.83. The predicted molar refractivity (Wildman–Crippen MR) is 98.3 cm³/mol. The fourth-order valence-electron chi connectivity index (χ4n) is 3.27. The van der Waals surface area contributed by atoms with Crippen molar-refractivity contribution in [1.82, 2.24) is 9.80 Å². The second-order valence-corrected chi connectivity index (χ2v) is 6.87. The smallest absolute Gasteiger partial charge is 0.119 e. The highest BCUT2D eigenvalue weighted by Gasteiger charge is 2.12. The van der Waals surface area contributed by atoms with Crippen LogP contribution < -0.4 is 4.74 Å². The van der Waals surface area contributed by atoms with Gasteiger partial charge in [-0.05, 0) is 50.6 Å². The number of aryl methyl sites for hydroxylation is 1. The number of likely N-dealkylation sites (N-methyl/N-ethyl adjacent to an activating group) is 1. The number of nitrogens with zero attached hydrogens (tertiary/aromatic N) is 2. The maximum Gasteiger partial charge on any atom is 0.119 e. The van der Waals surface area contributed by atoms with Crippen molar-refractivity contribution in [1.29, 1.82) is 0 Å². The summed E-state index contributed by atoms with van der Waals surface area (Å²) in [5.74, 6) is 0.978. The van der Waals surface area contributed by atoms with E-state index in [0.29, 0.717) is 0 Å². The molecular formula is C20H34N2O. The molecule has 1 aliphatic heterocycles. The largest absolute Gasteiger partial charge is 0.497 e. The number of unbranched alkanes of at least 4 members (excludes halogenated alkanes) is 5. The Labute approximate surface area is 142 Å². The fraction of sp³-hybridized carbons (Fsp3) is 0.700. The van der Waals surface area contributed by atoms with Gasteiger partial charge in [-0.25, -0.2) is 0 Å². The molecule has 1 fully saturated rings. The van der Waals surface area contributed by atoms with Gasteiger partial charge in [-0.2, -0.15) is 0 Å². The van der Waals surface area contributed by atoms with Gasteiger partial charge >= 0.3 is 0 Å². The van der Waals surface area contributed by atoms with Crippen LogP contribution in [0, 0.1) is 0 Å². The Kier molecular flexibility index (Phi) is 8.48. The van der Waals surface area contributed by atoms with Crippen molar-refractivity contribution in [3.05, 3.63) is 29.8 Å². The first-order chi connectivity index (χ1) is 11.3. The van der Waals surface area contributed by atoms with E-state index >= 15 is 0 Å². The van der Waals surface area contributed by atoms with E-state index in [1.807, 2.05) is 6.07 Å². The second-order valence-electron chi connectivity index (χ2n) is 6.87. The SMILES string of the molecule is COc1cccc(CCCCCCCCN2CCN(C)CC2)c1. The lowest BCUT2D eigenvalue weighted by molar-refractivity contribution is 0.152. The Morgan fingerprint density at radius 1 is 0.913 bits per heavy atom. The molecule has 23 heavy (non-hydrogen) atoms.